The zero-order valence-electron chi connectivity index (χ0n) is 6.75. The van der Waals surface area contributed by atoms with E-state index in [0.29, 0.717) is 23.5 Å². The molecular weight excluding hydrogens is 169 g/mol. The first-order chi connectivity index (χ1) is 6.31. The van der Waals surface area contributed by atoms with Crippen LogP contribution >= 0.6 is 0 Å². The molecule has 0 radical (unpaired) electrons. The SMILES string of the molecule is N#CC1=CCOc2ccc(F)cc21. The fourth-order valence-corrected chi connectivity index (χ4v) is 1.27. The van der Waals surface area contributed by atoms with Crippen LogP contribution in [0.5, 0.6) is 5.75 Å². The number of benzene rings is 1. The summed E-state index contributed by atoms with van der Waals surface area (Å²) in [6, 6.07) is 6.17. The molecule has 0 amide bonds. The molecule has 2 rings (SSSR count). The van der Waals surface area contributed by atoms with E-state index in [9.17, 15) is 4.39 Å². The fraction of sp³-hybridized carbons (Fsp3) is 0.100. The van der Waals surface area contributed by atoms with Gasteiger partial charge < -0.3 is 4.74 Å². The van der Waals surface area contributed by atoms with E-state index in [1.54, 1.807) is 6.08 Å². The number of allylic oxidation sites excluding steroid dienone is 1. The molecule has 3 heteroatoms. The van der Waals surface area contributed by atoms with Crippen LogP contribution < -0.4 is 4.74 Å². The van der Waals surface area contributed by atoms with Gasteiger partial charge in [0.05, 0.1) is 11.6 Å². The monoisotopic (exact) mass is 175 g/mol. The van der Waals surface area contributed by atoms with Gasteiger partial charge in [0.15, 0.2) is 0 Å². The van der Waals surface area contributed by atoms with E-state index in [1.807, 2.05) is 6.07 Å². The number of rotatable bonds is 0. The number of ether oxygens (including phenoxy) is 1. The van der Waals surface area contributed by atoms with Crippen molar-refractivity contribution in [3.05, 3.63) is 35.7 Å². The Morgan fingerprint density at radius 1 is 1.46 bits per heavy atom. The molecule has 0 saturated carbocycles. The summed E-state index contributed by atoms with van der Waals surface area (Å²) in [5.74, 6) is 0.214. The third-order valence-corrected chi connectivity index (χ3v) is 1.88. The van der Waals surface area contributed by atoms with Gasteiger partial charge >= 0.3 is 0 Å². The lowest BCUT2D eigenvalue weighted by molar-refractivity contribution is 0.357. The minimum Gasteiger partial charge on any atom is -0.489 e. The van der Waals surface area contributed by atoms with E-state index in [-0.39, 0.29) is 5.82 Å². The molecule has 2 nitrogen and oxygen atoms in total. The number of hydrogen-bond acceptors (Lipinski definition) is 2. The van der Waals surface area contributed by atoms with Gasteiger partial charge in [-0.3, -0.25) is 0 Å². The highest BCUT2D eigenvalue weighted by Gasteiger charge is 2.13. The summed E-state index contributed by atoms with van der Waals surface area (Å²) in [7, 11) is 0. The lowest BCUT2D eigenvalue weighted by Gasteiger charge is -2.14. The Kier molecular flexibility index (Phi) is 1.75. The zero-order valence-corrected chi connectivity index (χ0v) is 6.75. The van der Waals surface area contributed by atoms with E-state index in [2.05, 4.69) is 0 Å². The molecule has 1 aromatic rings. The van der Waals surface area contributed by atoms with Crippen molar-refractivity contribution in [1.29, 1.82) is 5.26 Å². The average molecular weight is 175 g/mol. The highest BCUT2D eigenvalue weighted by molar-refractivity contribution is 5.81. The molecule has 1 heterocycles. The second-order valence-electron chi connectivity index (χ2n) is 2.68. The molecule has 0 saturated heterocycles. The number of halogens is 1. The Hall–Kier alpha value is -1.82. The second-order valence-corrected chi connectivity index (χ2v) is 2.68. The summed E-state index contributed by atoms with van der Waals surface area (Å²) in [4.78, 5) is 0. The summed E-state index contributed by atoms with van der Waals surface area (Å²) in [5, 5.41) is 8.73. The zero-order chi connectivity index (χ0) is 9.26. The van der Waals surface area contributed by atoms with Crippen molar-refractivity contribution >= 4 is 5.57 Å². The van der Waals surface area contributed by atoms with Crippen LogP contribution in [0.3, 0.4) is 0 Å². The molecule has 0 bridgehead atoms. The predicted octanol–water partition coefficient (Wildman–Crippen LogP) is 2.13. The summed E-state index contributed by atoms with van der Waals surface area (Å²) in [5.41, 5.74) is 1.01. The number of nitriles is 1. The van der Waals surface area contributed by atoms with Gasteiger partial charge in [-0.15, -0.1) is 0 Å². The highest BCUT2D eigenvalue weighted by atomic mass is 19.1. The maximum absolute atomic E-state index is 12.8. The molecule has 0 atom stereocenters. The number of fused-ring (bicyclic) bond motifs is 1. The molecule has 0 N–H and O–H groups in total. The number of nitrogens with zero attached hydrogens (tertiary/aromatic N) is 1. The minimum atomic E-state index is -0.356. The maximum atomic E-state index is 12.8. The molecule has 1 aromatic carbocycles. The predicted molar refractivity (Wildman–Crippen MR) is 45.5 cm³/mol. The third kappa shape index (κ3) is 1.27. The first-order valence-corrected chi connectivity index (χ1v) is 3.84. The summed E-state index contributed by atoms with van der Waals surface area (Å²) < 4.78 is 18.0. The van der Waals surface area contributed by atoms with Gasteiger partial charge in [0.1, 0.15) is 18.2 Å². The van der Waals surface area contributed by atoms with E-state index >= 15 is 0 Å². The second kappa shape index (κ2) is 2.91. The van der Waals surface area contributed by atoms with Crippen molar-refractivity contribution in [2.75, 3.05) is 6.61 Å². The summed E-state index contributed by atoms with van der Waals surface area (Å²) >= 11 is 0. The van der Waals surface area contributed by atoms with Crippen LogP contribution in [0.1, 0.15) is 5.56 Å². The Balaban J connectivity index is 2.59. The fourth-order valence-electron chi connectivity index (χ4n) is 1.27. The number of hydrogen-bond donors (Lipinski definition) is 0. The summed E-state index contributed by atoms with van der Waals surface area (Å²) in [6.07, 6.45) is 1.64. The summed E-state index contributed by atoms with van der Waals surface area (Å²) in [6.45, 7) is 0.377. The van der Waals surface area contributed by atoms with Crippen molar-refractivity contribution < 1.29 is 9.13 Å². The lowest BCUT2D eigenvalue weighted by Crippen LogP contribution is -2.03. The van der Waals surface area contributed by atoms with Crippen molar-refractivity contribution in [1.82, 2.24) is 0 Å². The van der Waals surface area contributed by atoms with Crippen molar-refractivity contribution in [2.24, 2.45) is 0 Å². The third-order valence-electron chi connectivity index (χ3n) is 1.88. The van der Waals surface area contributed by atoms with Gasteiger partial charge in [-0.2, -0.15) is 5.26 Å². The Morgan fingerprint density at radius 2 is 2.31 bits per heavy atom. The van der Waals surface area contributed by atoms with E-state index < -0.39 is 0 Å². The molecule has 0 spiro atoms. The maximum Gasteiger partial charge on any atom is 0.128 e. The molecule has 64 valence electrons. The first-order valence-electron chi connectivity index (χ1n) is 3.84. The molecule has 0 unspecified atom stereocenters. The molecule has 0 aromatic heterocycles. The highest BCUT2D eigenvalue weighted by Crippen LogP contribution is 2.29. The van der Waals surface area contributed by atoms with Crippen molar-refractivity contribution in [2.45, 2.75) is 0 Å². The van der Waals surface area contributed by atoms with E-state index in [0.717, 1.165) is 0 Å². The molecule has 1 aliphatic heterocycles. The molecule has 0 fully saturated rings. The Morgan fingerprint density at radius 3 is 3.08 bits per heavy atom. The average Bonchev–Trinajstić information content (AvgIpc) is 2.17. The van der Waals surface area contributed by atoms with Crippen LogP contribution in [0, 0.1) is 17.1 Å². The molecular formula is C10H6FNO. The van der Waals surface area contributed by atoms with Crippen LogP contribution in [0.25, 0.3) is 5.57 Å². The molecule has 0 aliphatic carbocycles. The van der Waals surface area contributed by atoms with Gasteiger partial charge in [-0.1, -0.05) is 0 Å². The lowest BCUT2D eigenvalue weighted by atomic mass is 10.0. The van der Waals surface area contributed by atoms with Crippen molar-refractivity contribution in [3.63, 3.8) is 0 Å². The van der Waals surface area contributed by atoms with Crippen LogP contribution in [0.4, 0.5) is 4.39 Å². The van der Waals surface area contributed by atoms with E-state index in [4.69, 9.17) is 10.00 Å². The standard InChI is InChI=1S/C10H6FNO/c11-8-1-2-10-9(5-8)7(6-12)3-4-13-10/h1-3,5H,4H2. The van der Waals surface area contributed by atoms with Gasteiger partial charge in [-0.25, -0.2) is 4.39 Å². The smallest absolute Gasteiger partial charge is 0.128 e. The largest absolute Gasteiger partial charge is 0.489 e. The van der Waals surface area contributed by atoms with Gasteiger partial charge in [0.25, 0.3) is 0 Å². The quantitative estimate of drug-likeness (QED) is 0.605. The van der Waals surface area contributed by atoms with Crippen LogP contribution in [0.2, 0.25) is 0 Å². The van der Waals surface area contributed by atoms with Gasteiger partial charge in [-0.05, 0) is 24.3 Å². The van der Waals surface area contributed by atoms with Gasteiger partial charge in [0.2, 0.25) is 0 Å². The first kappa shape index (κ1) is 7.81. The van der Waals surface area contributed by atoms with Crippen LogP contribution in [0.15, 0.2) is 24.3 Å². The van der Waals surface area contributed by atoms with Gasteiger partial charge in [0, 0.05) is 5.56 Å². The molecule has 1 aliphatic rings. The normalized spacial score (nSPS) is 13.7. The molecule has 13 heavy (non-hydrogen) atoms. The Bertz CT molecular complexity index is 417. The topological polar surface area (TPSA) is 33.0 Å². The van der Waals surface area contributed by atoms with Crippen LogP contribution in [-0.4, -0.2) is 6.61 Å². The van der Waals surface area contributed by atoms with Crippen LogP contribution in [-0.2, 0) is 0 Å². The van der Waals surface area contributed by atoms with Crippen molar-refractivity contribution in [3.8, 4) is 11.8 Å². The van der Waals surface area contributed by atoms with E-state index in [1.165, 1.54) is 18.2 Å². The Labute approximate surface area is 74.9 Å². The minimum absolute atomic E-state index is 0.356.